The quantitative estimate of drug-likeness (QED) is 0.907. The normalized spacial score (nSPS) is 18.1. The summed E-state index contributed by atoms with van der Waals surface area (Å²) in [5.74, 6) is 0.159. The topological polar surface area (TPSA) is 49.6 Å². The summed E-state index contributed by atoms with van der Waals surface area (Å²) in [4.78, 5) is 16.9. The van der Waals surface area contributed by atoms with Gasteiger partial charge < -0.3 is 10.6 Å². The first-order valence-electron chi connectivity index (χ1n) is 7.33. The molecule has 0 saturated carbocycles. The monoisotopic (exact) mass is 275 g/mol. The van der Waals surface area contributed by atoms with Crippen LogP contribution in [0.25, 0.3) is 0 Å². The molecule has 1 heterocycles. The standard InChI is InChI=1S/C16H25N3O/c1-12-4-5-13(2)15(10-12)16(20)19-8-6-18(7-9-19)14(3)11-17/h4-5,10,14H,6-9,11,17H2,1-3H3. The number of nitrogens with two attached hydrogens (primary N) is 1. The van der Waals surface area contributed by atoms with Crippen LogP contribution in [0.2, 0.25) is 0 Å². The molecule has 1 atom stereocenters. The van der Waals surface area contributed by atoms with E-state index in [0.29, 0.717) is 12.6 Å². The molecule has 20 heavy (non-hydrogen) atoms. The zero-order valence-electron chi connectivity index (χ0n) is 12.7. The summed E-state index contributed by atoms with van der Waals surface area (Å²) in [7, 11) is 0. The highest BCUT2D eigenvalue weighted by Gasteiger charge is 2.24. The van der Waals surface area contributed by atoms with Gasteiger partial charge in [-0.25, -0.2) is 0 Å². The number of benzene rings is 1. The minimum atomic E-state index is 0.159. The highest BCUT2D eigenvalue weighted by Crippen LogP contribution is 2.15. The van der Waals surface area contributed by atoms with Crippen LogP contribution < -0.4 is 5.73 Å². The molecular formula is C16H25N3O. The van der Waals surface area contributed by atoms with E-state index in [1.165, 1.54) is 0 Å². The fourth-order valence-corrected chi connectivity index (χ4v) is 2.65. The molecule has 1 aliphatic heterocycles. The lowest BCUT2D eigenvalue weighted by Gasteiger charge is -2.37. The Morgan fingerprint density at radius 2 is 1.90 bits per heavy atom. The van der Waals surface area contributed by atoms with Crippen molar-refractivity contribution in [1.82, 2.24) is 9.80 Å². The maximum absolute atomic E-state index is 12.6. The van der Waals surface area contributed by atoms with Crippen LogP contribution in [0, 0.1) is 13.8 Å². The summed E-state index contributed by atoms with van der Waals surface area (Å²) in [6.45, 7) is 10.2. The number of piperazine rings is 1. The van der Waals surface area contributed by atoms with E-state index >= 15 is 0 Å². The van der Waals surface area contributed by atoms with Crippen molar-refractivity contribution in [3.8, 4) is 0 Å². The molecule has 1 aliphatic rings. The third kappa shape index (κ3) is 3.19. The average Bonchev–Trinajstić information content (AvgIpc) is 2.48. The van der Waals surface area contributed by atoms with E-state index in [4.69, 9.17) is 5.73 Å². The predicted octanol–water partition coefficient (Wildman–Crippen LogP) is 1.41. The molecule has 1 saturated heterocycles. The second-order valence-corrected chi connectivity index (χ2v) is 5.73. The van der Waals surface area contributed by atoms with E-state index in [9.17, 15) is 4.79 Å². The first kappa shape index (κ1) is 15.0. The SMILES string of the molecule is Cc1ccc(C)c(C(=O)N2CCN(C(C)CN)CC2)c1. The molecule has 4 heteroatoms. The second kappa shape index (κ2) is 6.37. The second-order valence-electron chi connectivity index (χ2n) is 5.73. The Labute approximate surface area is 121 Å². The van der Waals surface area contributed by atoms with E-state index in [0.717, 1.165) is 42.9 Å². The number of carbonyl (C=O) groups excluding carboxylic acids is 1. The van der Waals surface area contributed by atoms with Crippen molar-refractivity contribution >= 4 is 5.91 Å². The van der Waals surface area contributed by atoms with Gasteiger partial charge in [-0.15, -0.1) is 0 Å². The number of aryl methyl sites for hydroxylation is 2. The summed E-state index contributed by atoms with van der Waals surface area (Å²) < 4.78 is 0. The largest absolute Gasteiger partial charge is 0.336 e. The van der Waals surface area contributed by atoms with E-state index in [1.807, 2.05) is 36.9 Å². The summed E-state index contributed by atoms with van der Waals surface area (Å²) in [5.41, 5.74) is 8.73. The van der Waals surface area contributed by atoms with E-state index in [2.05, 4.69) is 11.8 Å². The Hall–Kier alpha value is -1.39. The number of carbonyl (C=O) groups is 1. The molecule has 1 unspecified atom stereocenters. The smallest absolute Gasteiger partial charge is 0.254 e. The van der Waals surface area contributed by atoms with Crippen LogP contribution in [-0.2, 0) is 0 Å². The van der Waals surface area contributed by atoms with Gasteiger partial charge in [0.25, 0.3) is 5.91 Å². The summed E-state index contributed by atoms with van der Waals surface area (Å²) in [6, 6.07) is 6.46. The van der Waals surface area contributed by atoms with Gasteiger partial charge in [0, 0.05) is 44.3 Å². The molecule has 0 spiro atoms. The lowest BCUT2D eigenvalue weighted by molar-refractivity contribution is 0.0588. The zero-order valence-corrected chi connectivity index (χ0v) is 12.7. The van der Waals surface area contributed by atoms with Crippen molar-refractivity contribution < 1.29 is 4.79 Å². The molecule has 110 valence electrons. The van der Waals surface area contributed by atoms with Crippen molar-refractivity contribution in [3.63, 3.8) is 0 Å². The molecule has 2 rings (SSSR count). The van der Waals surface area contributed by atoms with Gasteiger partial charge in [-0.1, -0.05) is 17.7 Å². The molecule has 1 fully saturated rings. The Kier molecular flexibility index (Phi) is 4.78. The summed E-state index contributed by atoms with van der Waals surface area (Å²) in [6.07, 6.45) is 0. The Balaban J connectivity index is 2.03. The Morgan fingerprint density at radius 3 is 2.50 bits per heavy atom. The number of nitrogens with zero attached hydrogens (tertiary/aromatic N) is 2. The van der Waals surface area contributed by atoms with Crippen molar-refractivity contribution in [3.05, 3.63) is 34.9 Å². The Bertz CT molecular complexity index is 479. The minimum absolute atomic E-state index is 0.159. The van der Waals surface area contributed by atoms with E-state index < -0.39 is 0 Å². The van der Waals surface area contributed by atoms with Gasteiger partial charge in [-0.2, -0.15) is 0 Å². The van der Waals surface area contributed by atoms with Crippen LogP contribution in [0.5, 0.6) is 0 Å². The Morgan fingerprint density at radius 1 is 1.25 bits per heavy atom. The van der Waals surface area contributed by atoms with E-state index in [1.54, 1.807) is 0 Å². The lowest BCUT2D eigenvalue weighted by atomic mass is 10.0. The van der Waals surface area contributed by atoms with Gasteiger partial charge in [0.1, 0.15) is 0 Å². The third-order valence-corrected chi connectivity index (χ3v) is 4.19. The van der Waals surface area contributed by atoms with E-state index in [-0.39, 0.29) is 5.91 Å². The maximum Gasteiger partial charge on any atom is 0.254 e. The lowest BCUT2D eigenvalue weighted by Crippen LogP contribution is -2.52. The van der Waals surface area contributed by atoms with Crippen LogP contribution in [0.4, 0.5) is 0 Å². The fourth-order valence-electron chi connectivity index (χ4n) is 2.65. The predicted molar refractivity (Wildman–Crippen MR) is 81.9 cm³/mol. The van der Waals surface area contributed by atoms with Gasteiger partial charge in [-0.05, 0) is 32.4 Å². The van der Waals surface area contributed by atoms with Crippen molar-refractivity contribution in [2.45, 2.75) is 26.8 Å². The summed E-state index contributed by atoms with van der Waals surface area (Å²) >= 11 is 0. The number of rotatable bonds is 3. The van der Waals surface area contributed by atoms with Crippen LogP contribution in [0.15, 0.2) is 18.2 Å². The molecular weight excluding hydrogens is 250 g/mol. The van der Waals surface area contributed by atoms with Crippen LogP contribution in [-0.4, -0.2) is 54.5 Å². The fraction of sp³-hybridized carbons (Fsp3) is 0.562. The minimum Gasteiger partial charge on any atom is -0.336 e. The molecule has 1 amide bonds. The molecule has 2 N–H and O–H groups in total. The van der Waals surface area contributed by atoms with Gasteiger partial charge >= 0.3 is 0 Å². The van der Waals surface area contributed by atoms with Crippen LogP contribution >= 0.6 is 0 Å². The molecule has 1 aromatic rings. The van der Waals surface area contributed by atoms with Gasteiger partial charge in [0.2, 0.25) is 0 Å². The number of hydrogen-bond donors (Lipinski definition) is 1. The van der Waals surface area contributed by atoms with Gasteiger partial charge in [-0.3, -0.25) is 9.69 Å². The maximum atomic E-state index is 12.6. The van der Waals surface area contributed by atoms with Crippen molar-refractivity contribution in [2.24, 2.45) is 5.73 Å². The van der Waals surface area contributed by atoms with Crippen molar-refractivity contribution in [2.75, 3.05) is 32.7 Å². The average molecular weight is 275 g/mol. The number of hydrogen-bond acceptors (Lipinski definition) is 3. The first-order valence-corrected chi connectivity index (χ1v) is 7.33. The van der Waals surface area contributed by atoms with Crippen LogP contribution in [0.3, 0.4) is 0 Å². The number of amides is 1. The first-order chi connectivity index (χ1) is 9.52. The highest BCUT2D eigenvalue weighted by molar-refractivity contribution is 5.95. The molecule has 0 bridgehead atoms. The zero-order chi connectivity index (χ0) is 14.7. The van der Waals surface area contributed by atoms with Crippen LogP contribution in [0.1, 0.15) is 28.4 Å². The highest BCUT2D eigenvalue weighted by atomic mass is 16.2. The van der Waals surface area contributed by atoms with Gasteiger partial charge in [0.15, 0.2) is 0 Å². The molecule has 0 radical (unpaired) electrons. The summed E-state index contributed by atoms with van der Waals surface area (Å²) in [5, 5.41) is 0. The molecule has 1 aromatic carbocycles. The molecule has 0 aliphatic carbocycles. The van der Waals surface area contributed by atoms with Gasteiger partial charge in [0.05, 0.1) is 0 Å². The van der Waals surface area contributed by atoms with Crippen molar-refractivity contribution in [1.29, 1.82) is 0 Å². The molecule has 0 aromatic heterocycles. The third-order valence-electron chi connectivity index (χ3n) is 4.19. The molecule has 4 nitrogen and oxygen atoms in total.